The van der Waals surface area contributed by atoms with Crippen molar-refractivity contribution in [1.82, 2.24) is 10.2 Å². The van der Waals surface area contributed by atoms with Crippen molar-refractivity contribution in [1.29, 1.82) is 0 Å². The smallest absolute Gasteiger partial charge is 0.142 e. The van der Waals surface area contributed by atoms with Gasteiger partial charge in [-0.05, 0) is 24.5 Å². The first-order chi connectivity index (χ1) is 9.24. The third-order valence-electron chi connectivity index (χ3n) is 3.57. The molecule has 0 radical (unpaired) electrons. The molecular formula is C14H20ClFN2O. The van der Waals surface area contributed by atoms with Crippen LogP contribution in [0.25, 0.3) is 0 Å². The molecule has 19 heavy (non-hydrogen) atoms. The van der Waals surface area contributed by atoms with Crippen LogP contribution in [0.2, 0.25) is 5.02 Å². The van der Waals surface area contributed by atoms with E-state index in [1.165, 1.54) is 6.07 Å². The number of halogens is 2. The van der Waals surface area contributed by atoms with Crippen molar-refractivity contribution < 1.29 is 9.50 Å². The molecule has 0 saturated carbocycles. The fourth-order valence-corrected chi connectivity index (χ4v) is 2.84. The first kappa shape index (κ1) is 14.7. The Morgan fingerprint density at radius 1 is 1.37 bits per heavy atom. The summed E-state index contributed by atoms with van der Waals surface area (Å²) in [7, 11) is 0. The van der Waals surface area contributed by atoms with Gasteiger partial charge in [-0.3, -0.25) is 4.90 Å². The SMILES string of the molecule is OCCC[C@H](c1cccc(F)c1Cl)N1CCNCC1. The van der Waals surface area contributed by atoms with Crippen molar-refractivity contribution in [2.24, 2.45) is 0 Å². The normalized spacial score (nSPS) is 18.5. The van der Waals surface area contributed by atoms with Gasteiger partial charge in [0, 0.05) is 38.8 Å². The molecule has 1 aliphatic heterocycles. The summed E-state index contributed by atoms with van der Waals surface area (Å²) in [6.07, 6.45) is 1.49. The standard InChI is InChI=1S/C14H20ClFN2O/c15-14-11(3-1-4-12(14)16)13(5-2-10-19)18-8-6-17-7-9-18/h1,3-4,13,17,19H,2,5-10H2/t13-/m1/s1. The Balaban J connectivity index is 2.22. The predicted molar refractivity (Wildman–Crippen MR) is 74.9 cm³/mol. The van der Waals surface area contributed by atoms with E-state index in [1.54, 1.807) is 6.07 Å². The van der Waals surface area contributed by atoms with Crippen molar-refractivity contribution in [2.45, 2.75) is 18.9 Å². The second kappa shape index (κ2) is 7.20. The van der Waals surface area contributed by atoms with Crippen molar-refractivity contribution >= 4 is 11.6 Å². The molecule has 2 rings (SSSR count). The van der Waals surface area contributed by atoms with Crippen molar-refractivity contribution in [3.63, 3.8) is 0 Å². The largest absolute Gasteiger partial charge is 0.396 e. The topological polar surface area (TPSA) is 35.5 Å². The lowest BCUT2D eigenvalue weighted by Gasteiger charge is -2.35. The Bertz CT molecular complexity index is 410. The Kier molecular flexibility index (Phi) is 5.58. The summed E-state index contributed by atoms with van der Waals surface area (Å²) in [5.41, 5.74) is 0.831. The maximum absolute atomic E-state index is 13.6. The zero-order valence-electron chi connectivity index (χ0n) is 10.9. The Labute approximate surface area is 118 Å². The molecule has 0 unspecified atom stereocenters. The Morgan fingerprint density at radius 3 is 2.79 bits per heavy atom. The van der Waals surface area contributed by atoms with Crippen molar-refractivity contribution in [3.05, 3.63) is 34.6 Å². The number of benzene rings is 1. The molecule has 1 heterocycles. The van der Waals surface area contributed by atoms with Gasteiger partial charge in [0.15, 0.2) is 0 Å². The fraction of sp³-hybridized carbons (Fsp3) is 0.571. The number of hydrogen-bond donors (Lipinski definition) is 2. The molecule has 0 amide bonds. The van der Waals surface area contributed by atoms with Gasteiger partial charge < -0.3 is 10.4 Å². The second-order valence-electron chi connectivity index (χ2n) is 4.81. The molecule has 1 saturated heterocycles. The highest BCUT2D eigenvalue weighted by Crippen LogP contribution is 2.32. The molecule has 0 aliphatic carbocycles. The molecule has 0 spiro atoms. The van der Waals surface area contributed by atoms with Crippen LogP contribution < -0.4 is 5.32 Å². The first-order valence-corrected chi connectivity index (χ1v) is 7.11. The number of aliphatic hydroxyl groups is 1. The molecule has 3 nitrogen and oxygen atoms in total. The van der Waals surface area contributed by atoms with Gasteiger partial charge in [-0.2, -0.15) is 0 Å². The van der Waals surface area contributed by atoms with Crippen molar-refractivity contribution in [3.8, 4) is 0 Å². The molecular weight excluding hydrogens is 267 g/mol. The average Bonchev–Trinajstić information content (AvgIpc) is 2.45. The number of nitrogens with one attached hydrogen (secondary N) is 1. The summed E-state index contributed by atoms with van der Waals surface area (Å²) >= 11 is 6.11. The van der Waals surface area contributed by atoms with Gasteiger partial charge in [-0.15, -0.1) is 0 Å². The van der Waals surface area contributed by atoms with E-state index in [9.17, 15) is 4.39 Å². The number of aliphatic hydroxyl groups excluding tert-OH is 1. The van der Waals surface area contributed by atoms with E-state index in [2.05, 4.69) is 10.2 Å². The Morgan fingerprint density at radius 2 is 2.11 bits per heavy atom. The van der Waals surface area contributed by atoms with E-state index in [-0.39, 0.29) is 23.5 Å². The molecule has 0 bridgehead atoms. The molecule has 1 aliphatic rings. The monoisotopic (exact) mass is 286 g/mol. The number of rotatable bonds is 5. The van der Waals surface area contributed by atoms with E-state index in [1.807, 2.05) is 6.07 Å². The highest BCUT2D eigenvalue weighted by atomic mass is 35.5. The molecule has 106 valence electrons. The van der Waals surface area contributed by atoms with Gasteiger partial charge in [0.2, 0.25) is 0 Å². The quantitative estimate of drug-likeness (QED) is 0.871. The van der Waals surface area contributed by atoms with E-state index >= 15 is 0 Å². The lowest BCUT2D eigenvalue weighted by molar-refractivity contribution is 0.154. The fourth-order valence-electron chi connectivity index (χ4n) is 2.59. The number of hydrogen-bond acceptors (Lipinski definition) is 3. The summed E-state index contributed by atoms with van der Waals surface area (Å²) in [4.78, 5) is 2.31. The summed E-state index contributed by atoms with van der Waals surface area (Å²) in [5, 5.41) is 12.6. The van der Waals surface area contributed by atoms with Gasteiger partial charge >= 0.3 is 0 Å². The second-order valence-corrected chi connectivity index (χ2v) is 5.19. The minimum absolute atomic E-state index is 0.0810. The molecule has 1 aromatic rings. The minimum atomic E-state index is -0.372. The van der Waals surface area contributed by atoms with Gasteiger partial charge in [0.25, 0.3) is 0 Å². The van der Waals surface area contributed by atoms with Crippen molar-refractivity contribution in [2.75, 3.05) is 32.8 Å². The highest BCUT2D eigenvalue weighted by molar-refractivity contribution is 6.31. The lowest BCUT2D eigenvalue weighted by Crippen LogP contribution is -2.45. The van der Waals surface area contributed by atoms with Crippen LogP contribution in [0.4, 0.5) is 4.39 Å². The van der Waals surface area contributed by atoms with Crippen LogP contribution in [-0.4, -0.2) is 42.8 Å². The number of nitrogens with zero attached hydrogens (tertiary/aromatic N) is 1. The van der Waals surface area contributed by atoms with Crippen LogP contribution in [0.1, 0.15) is 24.4 Å². The predicted octanol–water partition coefficient (Wildman–Crippen LogP) is 2.20. The number of piperazine rings is 1. The van der Waals surface area contributed by atoms with Gasteiger partial charge in [0.1, 0.15) is 5.82 Å². The zero-order valence-corrected chi connectivity index (χ0v) is 11.7. The zero-order chi connectivity index (χ0) is 13.7. The van der Waals surface area contributed by atoms with E-state index in [0.717, 1.165) is 38.2 Å². The third-order valence-corrected chi connectivity index (χ3v) is 3.97. The molecule has 1 aromatic carbocycles. The Hall–Kier alpha value is -0.680. The van der Waals surface area contributed by atoms with E-state index in [0.29, 0.717) is 6.42 Å². The summed E-state index contributed by atoms with van der Waals surface area (Å²) in [6.45, 7) is 3.85. The van der Waals surface area contributed by atoms with E-state index < -0.39 is 0 Å². The van der Waals surface area contributed by atoms with Crippen LogP contribution in [0, 0.1) is 5.82 Å². The van der Waals surface area contributed by atoms with Crippen LogP contribution >= 0.6 is 11.6 Å². The maximum Gasteiger partial charge on any atom is 0.142 e. The maximum atomic E-state index is 13.6. The first-order valence-electron chi connectivity index (χ1n) is 6.73. The molecule has 1 fully saturated rings. The van der Waals surface area contributed by atoms with Crippen LogP contribution in [0.15, 0.2) is 18.2 Å². The van der Waals surface area contributed by atoms with Gasteiger partial charge in [-0.1, -0.05) is 23.7 Å². The summed E-state index contributed by atoms with van der Waals surface area (Å²) < 4.78 is 13.6. The molecule has 5 heteroatoms. The van der Waals surface area contributed by atoms with Crippen LogP contribution in [-0.2, 0) is 0 Å². The summed E-state index contributed by atoms with van der Waals surface area (Å²) in [6, 6.07) is 5.05. The van der Waals surface area contributed by atoms with E-state index in [4.69, 9.17) is 16.7 Å². The third kappa shape index (κ3) is 3.66. The molecule has 2 N–H and O–H groups in total. The minimum Gasteiger partial charge on any atom is -0.396 e. The highest BCUT2D eigenvalue weighted by Gasteiger charge is 2.24. The molecule has 0 aromatic heterocycles. The van der Waals surface area contributed by atoms with Gasteiger partial charge in [-0.25, -0.2) is 4.39 Å². The average molecular weight is 287 g/mol. The summed E-state index contributed by atoms with van der Waals surface area (Å²) in [5.74, 6) is -0.372. The molecule has 1 atom stereocenters. The van der Waals surface area contributed by atoms with Crippen LogP contribution in [0.3, 0.4) is 0 Å². The van der Waals surface area contributed by atoms with Crippen LogP contribution in [0.5, 0.6) is 0 Å². The lowest BCUT2D eigenvalue weighted by atomic mass is 9.99. The van der Waals surface area contributed by atoms with Gasteiger partial charge in [0.05, 0.1) is 5.02 Å².